The second kappa shape index (κ2) is 8.65. The molecule has 0 atom stereocenters. The van der Waals surface area contributed by atoms with E-state index in [1.54, 1.807) is 13.8 Å². The van der Waals surface area contributed by atoms with Gasteiger partial charge in [0.25, 0.3) is 6.01 Å². The van der Waals surface area contributed by atoms with Crippen LogP contribution in [0.4, 0.5) is 6.01 Å². The van der Waals surface area contributed by atoms with Crippen molar-refractivity contribution in [3.63, 3.8) is 0 Å². The normalized spacial score (nSPS) is 11.1. The molecular weight excluding hydrogens is 294 g/mol. The zero-order valence-corrected chi connectivity index (χ0v) is 12.7. The summed E-state index contributed by atoms with van der Waals surface area (Å²) in [7, 11) is 0. The molecular formula is C13H19N3O6. The van der Waals surface area contributed by atoms with Crippen molar-refractivity contribution in [2.24, 2.45) is 5.16 Å². The molecule has 1 aromatic rings. The van der Waals surface area contributed by atoms with E-state index in [0.29, 0.717) is 0 Å². The number of anilines is 1. The fraction of sp³-hybridized carbons (Fsp3) is 0.538. The lowest BCUT2D eigenvalue weighted by molar-refractivity contribution is -0.142. The zero-order chi connectivity index (χ0) is 16.5. The van der Waals surface area contributed by atoms with Gasteiger partial charge in [0.1, 0.15) is 18.8 Å². The van der Waals surface area contributed by atoms with Crippen molar-refractivity contribution in [1.82, 2.24) is 4.98 Å². The second-order valence-electron chi connectivity index (χ2n) is 4.16. The molecule has 0 bridgehead atoms. The van der Waals surface area contributed by atoms with Gasteiger partial charge in [0.2, 0.25) is 0 Å². The smallest absolute Gasteiger partial charge is 0.325 e. The van der Waals surface area contributed by atoms with Gasteiger partial charge in [0.05, 0.1) is 19.4 Å². The zero-order valence-electron chi connectivity index (χ0n) is 12.7. The van der Waals surface area contributed by atoms with Crippen LogP contribution in [0, 0.1) is 0 Å². The van der Waals surface area contributed by atoms with E-state index in [2.05, 4.69) is 10.1 Å². The number of carbonyl (C=O) groups excluding carboxylic acids is 2. The number of carbonyl (C=O) groups is 2. The van der Waals surface area contributed by atoms with Crippen molar-refractivity contribution in [2.45, 2.75) is 20.8 Å². The summed E-state index contributed by atoms with van der Waals surface area (Å²) in [4.78, 5) is 28.5. The Morgan fingerprint density at radius 1 is 1.27 bits per heavy atom. The average Bonchev–Trinajstić information content (AvgIpc) is 2.96. The van der Waals surface area contributed by atoms with Gasteiger partial charge in [-0.05, 0) is 20.8 Å². The number of nitrogens with zero attached hydrogens (tertiary/aromatic N) is 3. The predicted molar refractivity (Wildman–Crippen MR) is 76.0 cm³/mol. The van der Waals surface area contributed by atoms with E-state index >= 15 is 0 Å². The molecule has 22 heavy (non-hydrogen) atoms. The summed E-state index contributed by atoms with van der Waals surface area (Å²) in [5.74, 6) is -0.839. The minimum Gasteiger partial charge on any atom is -0.465 e. The SMILES string of the molecule is CCOC(=O)CN(CC(=O)OCC)c1ncc(C(C)=NO)o1. The number of oxime groups is 1. The molecule has 9 heteroatoms. The maximum atomic E-state index is 11.6. The molecule has 0 saturated heterocycles. The first-order valence-electron chi connectivity index (χ1n) is 6.72. The van der Waals surface area contributed by atoms with Crippen LogP contribution in [0.15, 0.2) is 15.8 Å². The van der Waals surface area contributed by atoms with Gasteiger partial charge in [-0.3, -0.25) is 9.59 Å². The Hall–Kier alpha value is -2.58. The van der Waals surface area contributed by atoms with Crippen molar-refractivity contribution < 1.29 is 28.7 Å². The van der Waals surface area contributed by atoms with E-state index < -0.39 is 11.9 Å². The van der Waals surface area contributed by atoms with Crippen molar-refractivity contribution in [3.05, 3.63) is 12.0 Å². The Kier molecular flexibility index (Phi) is 6.87. The minimum atomic E-state index is -0.529. The fourth-order valence-electron chi connectivity index (χ4n) is 1.54. The summed E-state index contributed by atoms with van der Waals surface area (Å²) in [5, 5.41) is 11.7. The number of hydrogen-bond acceptors (Lipinski definition) is 9. The molecule has 0 spiro atoms. The summed E-state index contributed by atoms with van der Waals surface area (Å²) in [6, 6.07) is 0.0270. The quantitative estimate of drug-likeness (QED) is 0.324. The summed E-state index contributed by atoms with van der Waals surface area (Å²) < 4.78 is 15.1. The summed E-state index contributed by atoms with van der Waals surface area (Å²) in [6.45, 7) is 4.88. The number of oxazole rings is 1. The summed E-state index contributed by atoms with van der Waals surface area (Å²) >= 11 is 0. The molecule has 1 aromatic heterocycles. The van der Waals surface area contributed by atoms with E-state index in [0.717, 1.165) is 0 Å². The highest BCUT2D eigenvalue weighted by atomic mass is 16.5. The lowest BCUT2D eigenvalue weighted by Crippen LogP contribution is -2.36. The molecule has 1 heterocycles. The van der Waals surface area contributed by atoms with Gasteiger partial charge in [-0.25, -0.2) is 4.98 Å². The molecule has 0 aliphatic carbocycles. The molecule has 0 aliphatic heterocycles. The Morgan fingerprint density at radius 2 is 1.82 bits per heavy atom. The van der Waals surface area contributed by atoms with Crippen LogP contribution in [0.3, 0.4) is 0 Å². The molecule has 0 aromatic carbocycles. The van der Waals surface area contributed by atoms with Crippen molar-refractivity contribution >= 4 is 23.7 Å². The average molecular weight is 313 g/mol. The Morgan fingerprint density at radius 3 is 2.27 bits per heavy atom. The van der Waals surface area contributed by atoms with E-state index in [1.807, 2.05) is 0 Å². The van der Waals surface area contributed by atoms with Crippen LogP contribution in [-0.2, 0) is 19.1 Å². The van der Waals surface area contributed by atoms with Gasteiger partial charge in [0.15, 0.2) is 5.76 Å². The highest BCUT2D eigenvalue weighted by molar-refractivity contribution is 5.95. The van der Waals surface area contributed by atoms with Crippen LogP contribution < -0.4 is 4.90 Å². The van der Waals surface area contributed by atoms with Gasteiger partial charge in [0, 0.05) is 0 Å². The standard InChI is InChI=1S/C13H19N3O6/c1-4-20-11(17)7-16(8-12(18)21-5-2)13-14-6-10(22-13)9(3)15-19/h6,19H,4-5,7-8H2,1-3H3. The predicted octanol–water partition coefficient (Wildman–Crippen LogP) is 0.805. The maximum Gasteiger partial charge on any atom is 0.325 e. The van der Waals surface area contributed by atoms with Gasteiger partial charge in [-0.1, -0.05) is 5.16 Å². The Bertz CT molecular complexity index is 520. The number of esters is 2. The fourth-order valence-corrected chi connectivity index (χ4v) is 1.54. The molecule has 0 saturated carbocycles. The number of hydrogen-bond donors (Lipinski definition) is 1. The third kappa shape index (κ3) is 5.08. The summed E-state index contributed by atoms with van der Waals surface area (Å²) in [6.07, 6.45) is 1.33. The third-order valence-electron chi connectivity index (χ3n) is 2.52. The molecule has 0 aliphatic rings. The largest absolute Gasteiger partial charge is 0.465 e. The lowest BCUT2D eigenvalue weighted by atomic mass is 10.4. The molecule has 0 fully saturated rings. The van der Waals surface area contributed by atoms with Crippen molar-refractivity contribution in [3.8, 4) is 0 Å². The van der Waals surface area contributed by atoms with E-state index in [9.17, 15) is 9.59 Å². The molecule has 0 radical (unpaired) electrons. The Balaban J connectivity index is 2.90. The molecule has 9 nitrogen and oxygen atoms in total. The highest BCUT2D eigenvalue weighted by Gasteiger charge is 2.21. The van der Waals surface area contributed by atoms with Crippen LogP contribution in [0.5, 0.6) is 0 Å². The van der Waals surface area contributed by atoms with Crippen molar-refractivity contribution in [2.75, 3.05) is 31.2 Å². The van der Waals surface area contributed by atoms with E-state index in [1.165, 1.54) is 18.0 Å². The van der Waals surface area contributed by atoms with Gasteiger partial charge in [-0.15, -0.1) is 0 Å². The minimum absolute atomic E-state index is 0.0270. The highest BCUT2D eigenvalue weighted by Crippen LogP contribution is 2.15. The molecule has 1 rings (SSSR count). The summed E-state index contributed by atoms with van der Waals surface area (Å²) in [5.41, 5.74) is 0.214. The Labute approximate surface area is 127 Å². The van der Waals surface area contributed by atoms with Crippen LogP contribution in [0.1, 0.15) is 26.5 Å². The van der Waals surface area contributed by atoms with Gasteiger partial charge >= 0.3 is 11.9 Å². The van der Waals surface area contributed by atoms with Crippen LogP contribution in [0.2, 0.25) is 0 Å². The molecule has 0 amide bonds. The topological polar surface area (TPSA) is 114 Å². The molecule has 1 N–H and O–H groups in total. The monoisotopic (exact) mass is 313 g/mol. The maximum absolute atomic E-state index is 11.6. The van der Waals surface area contributed by atoms with Crippen molar-refractivity contribution in [1.29, 1.82) is 0 Å². The van der Waals surface area contributed by atoms with Gasteiger partial charge in [-0.2, -0.15) is 0 Å². The number of ether oxygens (including phenoxy) is 2. The molecule has 122 valence electrons. The van der Waals surface area contributed by atoms with Crippen LogP contribution in [-0.4, -0.2) is 54.1 Å². The number of rotatable bonds is 8. The molecule has 0 unspecified atom stereocenters. The van der Waals surface area contributed by atoms with Crippen LogP contribution in [0.25, 0.3) is 0 Å². The first-order valence-corrected chi connectivity index (χ1v) is 6.72. The van der Waals surface area contributed by atoms with E-state index in [-0.39, 0.29) is 43.8 Å². The first-order chi connectivity index (χ1) is 10.5. The lowest BCUT2D eigenvalue weighted by Gasteiger charge is -2.18. The number of aromatic nitrogens is 1. The van der Waals surface area contributed by atoms with Crippen LogP contribution >= 0.6 is 0 Å². The third-order valence-corrected chi connectivity index (χ3v) is 2.52. The van der Waals surface area contributed by atoms with E-state index in [4.69, 9.17) is 19.1 Å². The van der Waals surface area contributed by atoms with Gasteiger partial charge < -0.3 is 24.0 Å². The second-order valence-corrected chi connectivity index (χ2v) is 4.16. The first kappa shape index (κ1) is 17.5.